The first-order valence-electron chi connectivity index (χ1n) is 6.49. The molecule has 2 aromatic rings. The van der Waals surface area contributed by atoms with Crippen LogP contribution in [0.3, 0.4) is 0 Å². The number of pyridine rings is 1. The van der Waals surface area contributed by atoms with Crippen molar-refractivity contribution in [3.05, 3.63) is 41.2 Å². The van der Waals surface area contributed by atoms with Crippen LogP contribution in [0.4, 0.5) is 0 Å². The lowest BCUT2D eigenvalue weighted by molar-refractivity contribution is -0.119. The first-order valence-corrected chi connectivity index (χ1v) is 6.49. The van der Waals surface area contributed by atoms with Gasteiger partial charge < -0.3 is 9.30 Å². The van der Waals surface area contributed by atoms with E-state index in [-0.39, 0.29) is 6.04 Å². The molecule has 2 heterocycles. The molecule has 2 aromatic heterocycles. The Morgan fingerprint density at radius 1 is 1.44 bits per heavy atom. The van der Waals surface area contributed by atoms with E-state index in [9.17, 15) is 4.79 Å². The first-order chi connectivity index (χ1) is 8.74. The quantitative estimate of drug-likeness (QED) is 0.743. The highest BCUT2D eigenvalue weighted by atomic mass is 16.1. The highest BCUT2D eigenvalue weighted by Crippen LogP contribution is 2.38. The molecule has 0 N–H and O–H groups in total. The van der Waals surface area contributed by atoms with E-state index < -0.39 is 0 Å². The van der Waals surface area contributed by atoms with Crippen molar-refractivity contribution in [2.75, 3.05) is 7.05 Å². The molecule has 3 rings (SSSR count). The minimum absolute atomic E-state index is 0.242. The van der Waals surface area contributed by atoms with Crippen molar-refractivity contribution in [2.24, 2.45) is 0 Å². The fraction of sp³-hybridized carbons (Fsp3) is 0.400. The molecular weight excluding hydrogens is 224 g/mol. The van der Waals surface area contributed by atoms with Crippen LogP contribution in [0.25, 0.3) is 5.52 Å². The number of carbonyl (C=O) groups is 1. The van der Waals surface area contributed by atoms with E-state index in [2.05, 4.69) is 35.7 Å². The van der Waals surface area contributed by atoms with Gasteiger partial charge in [0.05, 0.1) is 6.04 Å². The molecule has 0 radical (unpaired) electrons. The van der Waals surface area contributed by atoms with Crippen molar-refractivity contribution in [1.29, 1.82) is 0 Å². The van der Waals surface area contributed by atoms with Gasteiger partial charge >= 0.3 is 0 Å². The second-order valence-corrected chi connectivity index (χ2v) is 5.12. The van der Waals surface area contributed by atoms with Gasteiger partial charge in [0.1, 0.15) is 0 Å². The summed E-state index contributed by atoms with van der Waals surface area (Å²) in [5.41, 5.74) is 5.34. The summed E-state index contributed by atoms with van der Waals surface area (Å²) < 4.78 is 2.29. The van der Waals surface area contributed by atoms with Gasteiger partial charge in [-0.2, -0.15) is 0 Å². The Hall–Kier alpha value is -1.77. The van der Waals surface area contributed by atoms with Gasteiger partial charge in [-0.25, -0.2) is 0 Å². The normalized spacial score (nSPS) is 18.7. The maximum absolute atomic E-state index is 11.1. The van der Waals surface area contributed by atoms with Crippen molar-refractivity contribution >= 4 is 11.9 Å². The third-order valence-electron chi connectivity index (χ3n) is 4.13. The number of amides is 1. The molecular formula is C15H18N2O. The predicted molar refractivity (Wildman–Crippen MR) is 71.6 cm³/mol. The molecule has 3 heteroatoms. The van der Waals surface area contributed by atoms with E-state index >= 15 is 0 Å². The van der Waals surface area contributed by atoms with Crippen molar-refractivity contribution in [3.8, 4) is 0 Å². The molecule has 94 valence electrons. The minimum atomic E-state index is 0.242. The summed E-state index contributed by atoms with van der Waals surface area (Å²) in [4.78, 5) is 12.9. The zero-order valence-electron chi connectivity index (χ0n) is 10.9. The van der Waals surface area contributed by atoms with E-state index in [4.69, 9.17) is 0 Å². The molecule has 1 atom stereocenters. The number of carbonyl (C=O) groups excluding carboxylic acids is 1. The fourth-order valence-electron chi connectivity index (χ4n) is 3.25. The van der Waals surface area contributed by atoms with Crippen LogP contribution in [0.15, 0.2) is 24.4 Å². The molecule has 1 amide bonds. The Morgan fingerprint density at radius 3 is 3.06 bits per heavy atom. The van der Waals surface area contributed by atoms with Crippen LogP contribution < -0.4 is 0 Å². The van der Waals surface area contributed by atoms with Crippen LogP contribution in [0.2, 0.25) is 0 Å². The smallest absolute Gasteiger partial charge is 0.209 e. The lowest BCUT2D eigenvalue weighted by atomic mass is 9.89. The van der Waals surface area contributed by atoms with Crippen molar-refractivity contribution in [3.63, 3.8) is 0 Å². The summed E-state index contributed by atoms with van der Waals surface area (Å²) in [5, 5.41) is 0. The average molecular weight is 242 g/mol. The van der Waals surface area contributed by atoms with Crippen LogP contribution in [0, 0.1) is 6.92 Å². The maximum atomic E-state index is 11.1. The zero-order valence-corrected chi connectivity index (χ0v) is 10.9. The van der Waals surface area contributed by atoms with E-state index in [0.29, 0.717) is 0 Å². The number of hydrogen-bond acceptors (Lipinski definition) is 1. The summed E-state index contributed by atoms with van der Waals surface area (Å²) in [6, 6.07) is 6.55. The van der Waals surface area contributed by atoms with E-state index in [1.165, 1.54) is 22.3 Å². The number of aryl methyl sites for hydroxylation is 2. The maximum Gasteiger partial charge on any atom is 0.209 e. The Morgan fingerprint density at radius 2 is 2.28 bits per heavy atom. The number of rotatable bonds is 2. The van der Waals surface area contributed by atoms with Gasteiger partial charge in [0, 0.05) is 24.5 Å². The summed E-state index contributed by atoms with van der Waals surface area (Å²) in [7, 11) is 1.88. The van der Waals surface area contributed by atoms with E-state index in [1.54, 1.807) is 0 Å². The van der Waals surface area contributed by atoms with Gasteiger partial charge in [-0.05, 0) is 49.4 Å². The molecule has 1 unspecified atom stereocenters. The molecule has 0 bridgehead atoms. The Labute approximate surface area is 107 Å². The molecule has 0 aromatic carbocycles. The van der Waals surface area contributed by atoms with Crippen LogP contribution in [-0.2, 0) is 11.2 Å². The Bertz CT molecular complexity index is 600. The zero-order chi connectivity index (χ0) is 12.7. The third-order valence-corrected chi connectivity index (χ3v) is 4.13. The first kappa shape index (κ1) is 11.3. The lowest BCUT2D eigenvalue weighted by Gasteiger charge is -2.29. The van der Waals surface area contributed by atoms with Gasteiger partial charge in [-0.15, -0.1) is 0 Å². The SMILES string of the molecule is Cc1c2c(n3ccccc13)CCCC2N(C)C=O. The highest BCUT2D eigenvalue weighted by Gasteiger charge is 2.28. The lowest BCUT2D eigenvalue weighted by Crippen LogP contribution is -2.26. The van der Waals surface area contributed by atoms with Crippen molar-refractivity contribution in [2.45, 2.75) is 32.2 Å². The molecule has 0 fully saturated rings. The summed E-state index contributed by atoms with van der Waals surface area (Å²) in [6.45, 7) is 2.17. The Balaban J connectivity index is 2.26. The second kappa shape index (κ2) is 4.16. The molecule has 1 aliphatic rings. The second-order valence-electron chi connectivity index (χ2n) is 5.12. The number of nitrogens with zero attached hydrogens (tertiary/aromatic N) is 2. The van der Waals surface area contributed by atoms with Crippen LogP contribution in [0.5, 0.6) is 0 Å². The largest absolute Gasteiger partial charge is 0.341 e. The van der Waals surface area contributed by atoms with Gasteiger partial charge in [0.2, 0.25) is 6.41 Å². The van der Waals surface area contributed by atoms with E-state index in [1.807, 2.05) is 11.9 Å². The molecule has 1 aliphatic carbocycles. The highest BCUT2D eigenvalue weighted by molar-refractivity contribution is 5.63. The minimum Gasteiger partial charge on any atom is -0.341 e. The standard InChI is InChI=1S/C15H18N2O/c1-11-12-6-3-4-9-17(12)14-8-5-7-13(15(11)14)16(2)10-18/h3-4,6,9-10,13H,5,7-8H2,1-2H3. The number of hydrogen-bond donors (Lipinski definition) is 0. The number of aromatic nitrogens is 1. The molecule has 0 saturated carbocycles. The van der Waals surface area contributed by atoms with Gasteiger partial charge in [-0.3, -0.25) is 4.79 Å². The van der Waals surface area contributed by atoms with Crippen LogP contribution in [0.1, 0.15) is 35.7 Å². The predicted octanol–water partition coefficient (Wildman–Crippen LogP) is 2.71. The summed E-state index contributed by atoms with van der Waals surface area (Å²) in [6.07, 6.45) is 6.40. The van der Waals surface area contributed by atoms with Crippen LogP contribution in [-0.4, -0.2) is 22.8 Å². The summed E-state index contributed by atoms with van der Waals surface area (Å²) >= 11 is 0. The van der Waals surface area contributed by atoms with Gasteiger partial charge in [0.25, 0.3) is 0 Å². The monoisotopic (exact) mass is 242 g/mol. The van der Waals surface area contributed by atoms with E-state index in [0.717, 1.165) is 25.7 Å². The Kier molecular flexibility index (Phi) is 2.62. The van der Waals surface area contributed by atoms with Gasteiger partial charge in [-0.1, -0.05) is 6.07 Å². The fourth-order valence-corrected chi connectivity index (χ4v) is 3.25. The van der Waals surface area contributed by atoms with Crippen molar-refractivity contribution in [1.82, 2.24) is 9.30 Å². The topological polar surface area (TPSA) is 24.7 Å². The number of fused-ring (bicyclic) bond motifs is 3. The van der Waals surface area contributed by atoms with Gasteiger partial charge in [0.15, 0.2) is 0 Å². The molecule has 18 heavy (non-hydrogen) atoms. The van der Waals surface area contributed by atoms with Crippen LogP contribution >= 0.6 is 0 Å². The molecule has 0 spiro atoms. The summed E-state index contributed by atoms with van der Waals surface area (Å²) in [5.74, 6) is 0. The third kappa shape index (κ3) is 1.47. The molecule has 0 aliphatic heterocycles. The van der Waals surface area contributed by atoms with Crippen molar-refractivity contribution < 1.29 is 4.79 Å². The molecule has 0 saturated heterocycles. The molecule has 3 nitrogen and oxygen atoms in total. The average Bonchev–Trinajstić information content (AvgIpc) is 2.72.